The van der Waals surface area contributed by atoms with E-state index in [1.165, 1.54) is 70.3 Å². The van der Waals surface area contributed by atoms with E-state index >= 15 is 0 Å². The van der Waals surface area contributed by atoms with Gasteiger partial charge in [0.1, 0.15) is 0 Å². The molecule has 2 fully saturated rings. The van der Waals surface area contributed by atoms with Gasteiger partial charge < -0.3 is 9.64 Å². The van der Waals surface area contributed by atoms with E-state index in [9.17, 15) is 4.79 Å². The summed E-state index contributed by atoms with van der Waals surface area (Å²) in [5.41, 5.74) is 11.1. The average Bonchev–Trinajstić information content (AvgIpc) is 3.69. The quantitative estimate of drug-likeness (QED) is 0.532. The summed E-state index contributed by atoms with van der Waals surface area (Å²) < 4.78 is 5.24. The van der Waals surface area contributed by atoms with E-state index in [4.69, 9.17) is 9.72 Å². The lowest BCUT2D eigenvalue weighted by atomic mass is 9.87. The van der Waals surface area contributed by atoms with Gasteiger partial charge in [-0.2, -0.15) is 0 Å². The number of nitrogens with zero attached hydrogens (tertiary/aromatic N) is 2. The summed E-state index contributed by atoms with van der Waals surface area (Å²) in [4.78, 5) is 19.2. The Hall–Kier alpha value is -2.62. The van der Waals surface area contributed by atoms with Crippen molar-refractivity contribution >= 4 is 11.7 Å². The van der Waals surface area contributed by atoms with Gasteiger partial charge in [-0.3, -0.25) is 4.98 Å². The summed E-state index contributed by atoms with van der Waals surface area (Å²) in [6, 6.07) is 9.61. The highest BCUT2D eigenvalue weighted by molar-refractivity contribution is 5.85. The number of aromatic nitrogens is 1. The second-order valence-electron chi connectivity index (χ2n) is 9.81. The molecular weight excluding hydrogens is 408 g/mol. The maximum atomic E-state index is 12.2. The van der Waals surface area contributed by atoms with Gasteiger partial charge in [0.2, 0.25) is 0 Å². The van der Waals surface area contributed by atoms with Crippen molar-refractivity contribution in [2.75, 3.05) is 19.7 Å². The van der Waals surface area contributed by atoms with Crippen LogP contribution >= 0.6 is 0 Å². The van der Waals surface area contributed by atoms with Gasteiger partial charge >= 0.3 is 6.09 Å². The van der Waals surface area contributed by atoms with Crippen molar-refractivity contribution in [2.24, 2.45) is 0 Å². The molecule has 1 saturated carbocycles. The Morgan fingerprint density at radius 1 is 1.06 bits per heavy atom. The maximum Gasteiger partial charge on any atom is 0.409 e. The number of ether oxygens (including phenoxy) is 1. The molecule has 4 nitrogen and oxygen atoms in total. The van der Waals surface area contributed by atoms with E-state index in [0.29, 0.717) is 6.61 Å². The van der Waals surface area contributed by atoms with Gasteiger partial charge in [0, 0.05) is 24.9 Å². The number of rotatable bonds is 5. The number of amides is 1. The number of piperidine rings is 1. The number of aryl methyl sites for hydroxylation is 3. The lowest BCUT2D eigenvalue weighted by molar-refractivity contribution is 0.104. The number of hydrogen-bond donors (Lipinski definition) is 0. The zero-order valence-electron chi connectivity index (χ0n) is 20.2. The molecule has 2 heterocycles. The third-order valence-corrected chi connectivity index (χ3v) is 7.44. The first-order chi connectivity index (χ1) is 16.2. The van der Waals surface area contributed by atoms with Crippen LogP contribution in [0.5, 0.6) is 0 Å². The third-order valence-electron chi connectivity index (χ3n) is 7.44. The van der Waals surface area contributed by atoms with Crippen LogP contribution in [0.15, 0.2) is 36.0 Å². The van der Waals surface area contributed by atoms with Crippen molar-refractivity contribution in [3.05, 3.63) is 69.5 Å². The van der Waals surface area contributed by atoms with Gasteiger partial charge in [0.25, 0.3) is 0 Å². The van der Waals surface area contributed by atoms with Crippen molar-refractivity contribution in [3.63, 3.8) is 0 Å². The Kier molecular flexibility index (Phi) is 6.52. The zero-order chi connectivity index (χ0) is 22.8. The molecule has 33 heavy (non-hydrogen) atoms. The molecule has 0 unspecified atom stereocenters. The first-order valence-corrected chi connectivity index (χ1v) is 12.9. The molecule has 5 rings (SSSR count). The minimum absolute atomic E-state index is 0.184. The number of benzene rings is 1. The van der Waals surface area contributed by atoms with E-state index in [-0.39, 0.29) is 6.09 Å². The standard InChI is InChI=1S/C29H36N2O2/c1-3-5-6-20-17-25-10-9-24-18-23(21-7-8-21)11-12-26(24)27(28(25)30-19-20)22-13-15-31(16-14-22)29(32)33-4-2/h11-12,17-19,21H,3-10,13-16H2,1-2H3. The normalized spacial score (nSPS) is 17.9. The van der Waals surface area contributed by atoms with E-state index < -0.39 is 0 Å². The van der Waals surface area contributed by atoms with Crippen molar-refractivity contribution in [1.29, 1.82) is 0 Å². The van der Waals surface area contributed by atoms with Gasteiger partial charge in [0.05, 0.1) is 12.3 Å². The third kappa shape index (κ3) is 4.71. The van der Waals surface area contributed by atoms with E-state index in [1.807, 2.05) is 11.8 Å². The summed E-state index contributed by atoms with van der Waals surface area (Å²) in [5, 5.41) is 0. The number of fused-ring (bicyclic) bond motifs is 2. The molecule has 3 aliphatic rings. The van der Waals surface area contributed by atoms with Crippen LogP contribution in [0.2, 0.25) is 0 Å². The molecule has 4 heteroatoms. The Morgan fingerprint density at radius 3 is 2.58 bits per heavy atom. The fraction of sp³-hybridized carbons (Fsp3) is 0.517. The molecule has 0 spiro atoms. The predicted molar refractivity (Wildman–Crippen MR) is 133 cm³/mol. The molecule has 1 saturated heterocycles. The number of unbranched alkanes of at least 4 members (excludes halogenated alkanes) is 1. The molecule has 1 aromatic carbocycles. The van der Waals surface area contributed by atoms with E-state index in [2.05, 4.69) is 37.4 Å². The summed E-state index contributed by atoms with van der Waals surface area (Å²) in [6.45, 7) is 5.98. The highest BCUT2D eigenvalue weighted by atomic mass is 16.6. The molecule has 1 aliphatic heterocycles. The van der Waals surface area contributed by atoms with Crippen LogP contribution in [0.3, 0.4) is 0 Å². The SMILES string of the molecule is CCCCc1cnc2c(c1)CCc1cc(C3CC3)ccc1C2=C1CCN(C(=O)OCC)CC1. The van der Waals surface area contributed by atoms with Gasteiger partial charge in [-0.15, -0.1) is 0 Å². The first-order valence-electron chi connectivity index (χ1n) is 12.9. The Morgan fingerprint density at radius 2 is 1.85 bits per heavy atom. The molecule has 174 valence electrons. The number of likely N-dealkylation sites (tertiary alicyclic amines) is 1. The van der Waals surface area contributed by atoms with Gasteiger partial charge in [-0.1, -0.05) is 43.2 Å². The van der Waals surface area contributed by atoms with E-state index in [1.54, 1.807) is 0 Å². The molecule has 0 radical (unpaired) electrons. The number of pyridine rings is 1. The fourth-order valence-electron chi connectivity index (χ4n) is 5.41. The first kappa shape index (κ1) is 22.2. The highest BCUT2D eigenvalue weighted by Gasteiger charge is 2.29. The minimum Gasteiger partial charge on any atom is -0.450 e. The highest BCUT2D eigenvalue weighted by Crippen LogP contribution is 2.43. The number of carbonyl (C=O) groups excluding carboxylic acids is 1. The predicted octanol–water partition coefficient (Wildman–Crippen LogP) is 6.45. The van der Waals surface area contributed by atoms with Crippen molar-refractivity contribution in [1.82, 2.24) is 9.88 Å². The van der Waals surface area contributed by atoms with Crippen LogP contribution in [-0.2, 0) is 24.0 Å². The molecule has 1 amide bonds. The van der Waals surface area contributed by atoms with Crippen LogP contribution in [0, 0.1) is 0 Å². The Labute approximate surface area is 198 Å². The van der Waals surface area contributed by atoms with Gasteiger partial charge in [-0.05, 0) is 92.0 Å². The molecule has 0 bridgehead atoms. The van der Waals surface area contributed by atoms with Crippen LogP contribution in [0.4, 0.5) is 4.79 Å². The fourth-order valence-corrected chi connectivity index (χ4v) is 5.41. The second-order valence-corrected chi connectivity index (χ2v) is 9.81. The van der Waals surface area contributed by atoms with Gasteiger partial charge in [0.15, 0.2) is 0 Å². The van der Waals surface area contributed by atoms with Crippen LogP contribution in [0.1, 0.15) is 91.8 Å². The lowest BCUT2D eigenvalue weighted by Gasteiger charge is -2.29. The molecule has 2 aliphatic carbocycles. The van der Waals surface area contributed by atoms with Crippen LogP contribution in [-0.4, -0.2) is 35.7 Å². The van der Waals surface area contributed by atoms with Crippen LogP contribution < -0.4 is 0 Å². The monoisotopic (exact) mass is 444 g/mol. The van der Waals surface area contributed by atoms with Crippen molar-refractivity contribution in [3.8, 4) is 0 Å². The minimum atomic E-state index is -0.184. The topological polar surface area (TPSA) is 42.4 Å². The molecule has 2 aromatic rings. The summed E-state index contributed by atoms with van der Waals surface area (Å²) in [5.74, 6) is 0.767. The van der Waals surface area contributed by atoms with Crippen LogP contribution in [0.25, 0.3) is 5.57 Å². The number of hydrogen-bond acceptors (Lipinski definition) is 3. The van der Waals surface area contributed by atoms with Crippen molar-refractivity contribution < 1.29 is 9.53 Å². The summed E-state index contributed by atoms with van der Waals surface area (Å²) in [7, 11) is 0. The van der Waals surface area contributed by atoms with Crippen molar-refractivity contribution in [2.45, 2.75) is 77.6 Å². The average molecular weight is 445 g/mol. The molecule has 1 aromatic heterocycles. The van der Waals surface area contributed by atoms with E-state index in [0.717, 1.165) is 51.1 Å². The largest absolute Gasteiger partial charge is 0.450 e. The zero-order valence-corrected chi connectivity index (χ0v) is 20.2. The summed E-state index contributed by atoms with van der Waals surface area (Å²) >= 11 is 0. The van der Waals surface area contributed by atoms with Gasteiger partial charge in [-0.25, -0.2) is 4.79 Å². The molecular formula is C29H36N2O2. The smallest absolute Gasteiger partial charge is 0.409 e. The molecule has 0 N–H and O–H groups in total. The molecule has 0 atom stereocenters. The number of carbonyl (C=O) groups is 1. The lowest BCUT2D eigenvalue weighted by Crippen LogP contribution is -2.37. The maximum absolute atomic E-state index is 12.2. The Bertz CT molecular complexity index is 1060. The summed E-state index contributed by atoms with van der Waals surface area (Å²) in [6.07, 6.45) is 12.0. The Balaban J connectivity index is 1.53. The second kappa shape index (κ2) is 9.70.